The normalized spacial score (nSPS) is 18.8. The average Bonchev–Trinajstić information content (AvgIpc) is 3.27. The Hall–Kier alpha value is -2.35. The number of nitrogens with zero attached hydrogens (tertiary/aromatic N) is 1. The van der Waals surface area contributed by atoms with Gasteiger partial charge >= 0.3 is 5.97 Å². The van der Waals surface area contributed by atoms with Gasteiger partial charge in [0.05, 0.1) is 24.2 Å². The maximum Gasteiger partial charge on any atom is 0.310 e. The molecule has 1 aliphatic heterocycles. The number of esters is 1. The molecule has 0 bridgehead atoms. The van der Waals surface area contributed by atoms with Gasteiger partial charge in [-0.1, -0.05) is 20.8 Å². The van der Waals surface area contributed by atoms with E-state index in [0.717, 1.165) is 22.1 Å². The Morgan fingerprint density at radius 1 is 1.25 bits per heavy atom. The second-order valence-electron chi connectivity index (χ2n) is 9.07. The van der Waals surface area contributed by atoms with Crippen LogP contribution in [0.4, 0.5) is 0 Å². The van der Waals surface area contributed by atoms with Gasteiger partial charge in [-0.3, -0.25) is 9.59 Å². The topological polar surface area (TPSA) is 93.9 Å². The lowest BCUT2D eigenvalue weighted by Crippen LogP contribution is -2.48. The van der Waals surface area contributed by atoms with Crippen LogP contribution in [0, 0.1) is 6.92 Å². The van der Waals surface area contributed by atoms with E-state index in [1.807, 2.05) is 26.8 Å². The Balaban J connectivity index is 1.67. The van der Waals surface area contributed by atoms with E-state index >= 15 is 0 Å². The molecule has 2 atom stereocenters. The molecule has 0 N–H and O–H groups in total. The number of benzene rings is 1. The van der Waals surface area contributed by atoms with E-state index in [1.54, 1.807) is 11.2 Å². The Bertz CT molecular complexity index is 1100. The number of carbonyl (C=O) groups excluding carboxylic acids is 2. The highest BCUT2D eigenvalue weighted by molar-refractivity contribution is 7.91. The molecule has 0 saturated carbocycles. The molecule has 1 aliphatic rings. The van der Waals surface area contributed by atoms with Gasteiger partial charge in [0, 0.05) is 23.0 Å². The van der Waals surface area contributed by atoms with Gasteiger partial charge in [0.1, 0.15) is 5.58 Å². The quantitative estimate of drug-likeness (QED) is 0.553. The zero-order valence-electron chi connectivity index (χ0n) is 19.5. The smallest absolute Gasteiger partial charge is 0.310 e. The molecular formula is C24H33NO6S. The minimum atomic E-state index is -3.13. The summed E-state index contributed by atoms with van der Waals surface area (Å²) in [6, 6.07) is 3.53. The van der Waals surface area contributed by atoms with Crippen LogP contribution in [0.5, 0.6) is 0 Å². The molecule has 2 aromatic rings. The monoisotopic (exact) mass is 463 g/mol. The molecule has 3 rings (SSSR count). The van der Waals surface area contributed by atoms with E-state index in [2.05, 4.69) is 19.9 Å². The number of furan rings is 1. The number of rotatable bonds is 8. The molecule has 0 radical (unpaired) electrons. The summed E-state index contributed by atoms with van der Waals surface area (Å²) in [6.45, 7) is 9.70. The minimum absolute atomic E-state index is 0.00200. The third-order valence-electron chi connectivity index (χ3n) is 6.31. The highest BCUT2D eigenvalue weighted by atomic mass is 32.2. The highest BCUT2D eigenvalue weighted by Crippen LogP contribution is 2.29. The Kier molecular flexibility index (Phi) is 7.32. The molecule has 1 amide bonds. The van der Waals surface area contributed by atoms with Crippen LogP contribution in [0.3, 0.4) is 0 Å². The molecule has 176 valence electrons. The van der Waals surface area contributed by atoms with Crippen molar-refractivity contribution < 1.29 is 27.2 Å². The van der Waals surface area contributed by atoms with E-state index in [4.69, 9.17) is 9.15 Å². The second-order valence-corrected chi connectivity index (χ2v) is 11.3. The van der Waals surface area contributed by atoms with E-state index < -0.39 is 22.4 Å². The largest absolute Gasteiger partial charge is 0.464 e. The molecule has 7 nitrogen and oxygen atoms in total. The van der Waals surface area contributed by atoms with Crippen LogP contribution in [-0.4, -0.2) is 55.4 Å². The zero-order chi connectivity index (χ0) is 23.6. The van der Waals surface area contributed by atoms with Gasteiger partial charge in [0.2, 0.25) is 0 Å². The zero-order valence-corrected chi connectivity index (χ0v) is 20.3. The van der Waals surface area contributed by atoms with Crippen LogP contribution in [-0.2, 0) is 30.6 Å². The van der Waals surface area contributed by atoms with Crippen molar-refractivity contribution in [3.63, 3.8) is 0 Å². The molecule has 1 aromatic carbocycles. The second kappa shape index (κ2) is 9.65. The summed E-state index contributed by atoms with van der Waals surface area (Å²) >= 11 is 0. The molecular weight excluding hydrogens is 430 g/mol. The fourth-order valence-electron chi connectivity index (χ4n) is 4.43. The van der Waals surface area contributed by atoms with Crippen molar-refractivity contribution in [3.05, 3.63) is 35.1 Å². The number of hydrogen-bond acceptors (Lipinski definition) is 6. The summed E-state index contributed by atoms with van der Waals surface area (Å²) < 4.78 is 34.7. The van der Waals surface area contributed by atoms with Crippen LogP contribution in [0.15, 0.2) is 22.8 Å². The van der Waals surface area contributed by atoms with Crippen molar-refractivity contribution in [3.8, 4) is 0 Å². The Labute approximate surface area is 190 Å². The van der Waals surface area contributed by atoms with E-state index in [9.17, 15) is 18.0 Å². The standard InChI is InChI=1S/C24H33NO6S/c1-6-17(5)25(19-7-8-32(28,29)14-19)23(26)13-31-24(27)10-18-12-30-22-9-16(4)20(15(2)3)11-21(18)22/h9,11-12,15,17,19H,6-8,10,13-14H2,1-5H3/t17-,19+/m1/s1. The van der Waals surface area contributed by atoms with Crippen molar-refractivity contribution in [2.75, 3.05) is 18.1 Å². The fourth-order valence-corrected chi connectivity index (χ4v) is 6.14. The number of hydrogen-bond donors (Lipinski definition) is 0. The molecule has 0 unspecified atom stereocenters. The van der Waals surface area contributed by atoms with Crippen molar-refractivity contribution in [2.24, 2.45) is 0 Å². The van der Waals surface area contributed by atoms with Gasteiger partial charge in [0.15, 0.2) is 16.4 Å². The predicted octanol–water partition coefficient (Wildman–Crippen LogP) is 3.76. The molecule has 1 saturated heterocycles. The summed E-state index contributed by atoms with van der Waals surface area (Å²) in [5.74, 6) is -0.475. The summed E-state index contributed by atoms with van der Waals surface area (Å²) in [4.78, 5) is 26.9. The van der Waals surface area contributed by atoms with Gasteiger partial charge in [0.25, 0.3) is 5.91 Å². The Morgan fingerprint density at radius 2 is 1.97 bits per heavy atom. The van der Waals surface area contributed by atoms with Gasteiger partial charge in [-0.05, 0) is 55.9 Å². The summed E-state index contributed by atoms with van der Waals surface area (Å²) in [7, 11) is -3.13. The number of ether oxygens (including phenoxy) is 1. The molecule has 1 aromatic heterocycles. The lowest BCUT2D eigenvalue weighted by Gasteiger charge is -2.33. The van der Waals surface area contributed by atoms with Crippen LogP contribution in [0.2, 0.25) is 0 Å². The SMILES string of the molecule is CC[C@@H](C)N(C(=O)COC(=O)Cc1coc2cc(C)c(C(C)C)cc12)[C@H]1CCS(=O)(=O)C1. The van der Waals surface area contributed by atoms with Crippen molar-refractivity contribution in [1.29, 1.82) is 0 Å². The van der Waals surface area contributed by atoms with Gasteiger partial charge in [-0.25, -0.2) is 8.42 Å². The van der Waals surface area contributed by atoms with Gasteiger partial charge in [-0.2, -0.15) is 0 Å². The first kappa shape index (κ1) is 24.3. The van der Waals surface area contributed by atoms with E-state index in [-0.39, 0.29) is 35.9 Å². The van der Waals surface area contributed by atoms with E-state index in [1.165, 1.54) is 5.56 Å². The van der Waals surface area contributed by atoms with Crippen molar-refractivity contribution >= 4 is 32.7 Å². The molecule has 0 spiro atoms. The first-order chi connectivity index (χ1) is 15.0. The maximum absolute atomic E-state index is 12.9. The number of amides is 1. The third-order valence-corrected chi connectivity index (χ3v) is 8.06. The van der Waals surface area contributed by atoms with Crippen LogP contribution < -0.4 is 0 Å². The van der Waals surface area contributed by atoms with Crippen molar-refractivity contribution in [2.45, 2.75) is 71.9 Å². The first-order valence-electron chi connectivity index (χ1n) is 11.2. The van der Waals surface area contributed by atoms with Crippen LogP contribution in [0.1, 0.15) is 63.1 Å². The summed E-state index contributed by atoms with van der Waals surface area (Å²) in [5, 5.41) is 0.875. The number of aryl methyl sites for hydroxylation is 1. The number of sulfone groups is 1. The highest BCUT2D eigenvalue weighted by Gasteiger charge is 2.36. The molecule has 0 aliphatic carbocycles. The molecule has 8 heteroatoms. The van der Waals surface area contributed by atoms with Gasteiger partial charge < -0.3 is 14.1 Å². The third kappa shape index (κ3) is 5.34. The lowest BCUT2D eigenvalue weighted by atomic mass is 9.95. The lowest BCUT2D eigenvalue weighted by molar-refractivity contribution is -0.153. The van der Waals surface area contributed by atoms with Crippen LogP contribution in [0.25, 0.3) is 11.0 Å². The van der Waals surface area contributed by atoms with Gasteiger partial charge in [-0.15, -0.1) is 0 Å². The summed E-state index contributed by atoms with van der Waals surface area (Å²) in [6.07, 6.45) is 2.67. The summed E-state index contributed by atoms with van der Waals surface area (Å²) in [5.41, 5.74) is 3.77. The first-order valence-corrected chi connectivity index (χ1v) is 13.0. The molecule has 1 fully saturated rings. The number of carbonyl (C=O) groups is 2. The van der Waals surface area contributed by atoms with Crippen molar-refractivity contribution in [1.82, 2.24) is 4.90 Å². The Morgan fingerprint density at radius 3 is 2.56 bits per heavy atom. The van der Waals surface area contributed by atoms with Crippen LogP contribution >= 0.6 is 0 Å². The molecule has 2 heterocycles. The fraction of sp³-hybridized carbons (Fsp3) is 0.583. The number of fused-ring (bicyclic) bond motifs is 1. The molecule has 32 heavy (non-hydrogen) atoms. The minimum Gasteiger partial charge on any atom is -0.464 e. The predicted molar refractivity (Wildman–Crippen MR) is 123 cm³/mol. The maximum atomic E-state index is 12.9. The average molecular weight is 464 g/mol. The van der Waals surface area contributed by atoms with E-state index in [0.29, 0.717) is 18.8 Å².